The fourth-order valence-electron chi connectivity index (χ4n) is 1.70. The Bertz CT molecular complexity index is 413. The summed E-state index contributed by atoms with van der Waals surface area (Å²) in [5, 5.41) is 0. The van der Waals surface area contributed by atoms with Crippen molar-refractivity contribution >= 4 is 5.78 Å². The number of carbonyl (C=O) groups excluding carboxylic acids is 1. The highest BCUT2D eigenvalue weighted by Gasteiger charge is 2.02. The number of ketones is 1. The summed E-state index contributed by atoms with van der Waals surface area (Å²) in [5.74, 6) is 0.844. The summed E-state index contributed by atoms with van der Waals surface area (Å²) in [7, 11) is 0. The van der Waals surface area contributed by atoms with Gasteiger partial charge in [-0.05, 0) is 31.2 Å². The summed E-state index contributed by atoms with van der Waals surface area (Å²) >= 11 is 0. The summed E-state index contributed by atoms with van der Waals surface area (Å²) in [5.41, 5.74) is 0.701. The molecule has 3 heteroatoms. The molecule has 0 spiro atoms. The number of hydrogen-bond acceptors (Lipinski definition) is 3. The van der Waals surface area contributed by atoms with E-state index >= 15 is 0 Å². The number of nitrogens with zero attached hydrogens (tertiary/aromatic N) is 1. The van der Waals surface area contributed by atoms with E-state index in [1.54, 1.807) is 19.1 Å². The van der Waals surface area contributed by atoms with Crippen LogP contribution in [0.5, 0.6) is 5.75 Å². The molecule has 3 nitrogen and oxygen atoms in total. The third-order valence-corrected chi connectivity index (χ3v) is 2.71. The first-order valence-corrected chi connectivity index (χ1v) is 6.35. The van der Waals surface area contributed by atoms with Gasteiger partial charge in [0.15, 0.2) is 5.78 Å². The van der Waals surface area contributed by atoms with Gasteiger partial charge in [0.1, 0.15) is 12.4 Å². The molecule has 0 aliphatic heterocycles. The fourth-order valence-corrected chi connectivity index (χ4v) is 1.70. The van der Waals surface area contributed by atoms with Crippen molar-refractivity contribution in [3.63, 3.8) is 0 Å². The lowest BCUT2D eigenvalue weighted by Gasteiger charge is -2.18. The zero-order valence-electron chi connectivity index (χ0n) is 11.5. The molecule has 1 rings (SSSR count). The number of Topliss-reactive ketones (excluding diaryl/α,β-unsaturated/α-hetero) is 1. The van der Waals surface area contributed by atoms with Crippen molar-refractivity contribution in [1.29, 1.82) is 0 Å². The number of benzene rings is 1. The van der Waals surface area contributed by atoms with Gasteiger partial charge >= 0.3 is 0 Å². The minimum atomic E-state index is 0.0645. The molecule has 0 fully saturated rings. The van der Waals surface area contributed by atoms with E-state index in [4.69, 9.17) is 4.74 Å². The summed E-state index contributed by atoms with van der Waals surface area (Å²) in [4.78, 5) is 13.3. The second-order valence-corrected chi connectivity index (χ2v) is 4.27. The van der Waals surface area contributed by atoms with Gasteiger partial charge in [0, 0.05) is 25.2 Å². The topological polar surface area (TPSA) is 29.5 Å². The molecule has 102 valence electrons. The molecule has 0 saturated heterocycles. The molecule has 0 N–H and O–H groups in total. The molecule has 0 unspecified atom stereocenters. The van der Waals surface area contributed by atoms with Gasteiger partial charge in [-0.25, -0.2) is 0 Å². The lowest BCUT2D eigenvalue weighted by molar-refractivity contribution is 0.101. The van der Waals surface area contributed by atoms with Crippen molar-refractivity contribution in [2.45, 2.75) is 6.92 Å². The highest BCUT2D eigenvalue weighted by molar-refractivity contribution is 5.94. The molecule has 0 radical (unpaired) electrons. The van der Waals surface area contributed by atoms with Gasteiger partial charge in [-0.3, -0.25) is 9.69 Å². The van der Waals surface area contributed by atoms with Crippen molar-refractivity contribution in [3.8, 4) is 5.75 Å². The van der Waals surface area contributed by atoms with Crippen LogP contribution in [0.1, 0.15) is 17.3 Å². The van der Waals surface area contributed by atoms with Crippen molar-refractivity contribution in [2.24, 2.45) is 0 Å². The Morgan fingerprint density at radius 2 is 1.79 bits per heavy atom. The minimum Gasteiger partial charge on any atom is -0.492 e. The average Bonchev–Trinajstić information content (AvgIpc) is 2.40. The van der Waals surface area contributed by atoms with Gasteiger partial charge in [-0.1, -0.05) is 12.2 Å². The average molecular weight is 259 g/mol. The minimum absolute atomic E-state index is 0.0645. The Morgan fingerprint density at radius 1 is 1.21 bits per heavy atom. The highest BCUT2D eigenvalue weighted by atomic mass is 16.5. The lowest BCUT2D eigenvalue weighted by Crippen LogP contribution is -2.28. The van der Waals surface area contributed by atoms with E-state index in [9.17, 15) is 4.79 Å². The van der Waals surface area contributed by atoms with E-state index in [1.165, 1.54) is 0 Å². The van der Waals surface area contributed by atoms with Crippen LogP contribution in [-0.4, -0.2) is 36.9 Å². The SMILES string of the molecule is C=CCN(CC=C)CCOc1ccc(C(C)=O)cc1. The van der Waals surface area contributed by atoms with Crippen LogP contribution < -0.4 is 4.74 Å². The van der Waals surface area contributed by atoms with E-state index in [-0.39, 0.29) is 5.78 Å². The van der Waals surface area contributed by atoms with Gasteiger partial charge in [-0.2, -0.15) is 0 Å². The molecule has 0 aromatic heterocycles. The van der Waals surface area contributed by atoms with Crippen LogP contribution in [0.25, 0.3) is 0 Å². The maximum atomic E-state index is 11.1. The predicted octanol–water partition coefficient (Wildman–Crippen LogP) is 2.94. The van der Waals surface area contributed by atoms with Crippen LogP contribution in [0, 0.1) is 0 Å². The monoisotopic (exact) mass is 259 g/mol. The van der Waals surface area contributed by atoms with Gasteiger partial charge < -0.3 is 4.74 Å². The summed E-state index contributed by atoms with van der Waals surface area (Å²) in [6.45, 7) is 12.1. The van der Waals surface area contributed by atoms with Crippen LogP contribution in [-0.2, 0) is 0 Å². The zero-order chi connectivity index (χ0) is 14.1. The first-order valence-electron chi connectivity index (χ1n) is 6.35. The largest absolute Gasteiger partial charge is 0.492 e. The number of hydrogen-bond donors (Lipinski definition) is 0. The molecule has 0 bridgehead atoms. The number of rotatable bonds is 9. The van der Waals surface area contributed by atoms with Crippen molar-refractivity contribution in [1.82, 2.24) is 4.90 Å². The zero-order valence-corrected chi connectivity index (χ0v) is 11.5. The molecule has 0 heterocycles. The molecule has 0 aliphatic carbocycles. The Balaban J connectivity index is 2.41. The second-order valence-electron chi connectivity index (χ2n) is 4.27. The van der Waals surface area contributed by atoms with E-state index in [0.29, 0.717) is 12.2 Å². The van der Waals surface area contributed by atoms with Gasteiger partial charge in [0.2, 0.25) is 0 Å². The molecule has 0 saturated carbocycles. The first-order chi connectivity index (χ1) is 9.17. The van der Waals surface area contributed by atoms with E-state index in [1.807, 2.05) is 24.3 Å². The standard InChI is InChI=1S/C16H21NO2/c1-4-10-17(11-5-2)12-13-19-16-8-6-15(7-9-16)14(3)18/h4-9H,1-2,10-13H2,3H3. The highest BCUT2D eigenvalue weighted by Crippen LogP contribution is 2.12. The van der Waals surface area contributed by atoms with Crippen LogP contribution in [0.15, 0.2) is 49.6 Å². The Labute approximate surface area is 115 Å². The van der Waals surface area contributed by atoms with Crippen LogP contribution in [0.2, 0.25) is 0 Å². The quantitative estimate of drug-likeness (QED) is 0.504. The van der Waals surface area contributed by atoms with E-state index in [2.05, 4.69) is 18.1 Å². The third kappa shape index (κ3) is 5.53. The molecule has 0 amide bonds. The van der Waals surface area contributed by atoms with Crippen LogP contribution in [0.4, 0.5) is 0 Å². The maximum Gasteiger partial charge on any atom is 0.159 e. The first kappa shape index (κ1) is 15.2. The van der Waals surface area contributed by atoms with Gasteiger partial charge in [0.25, 0.3) is 0 Å². The molecule has 0 atom stereocenters. The van der Waals surface area contributed by atoms with Gasteiger partial charge in [-0.15, -0.1) is 13.2 Å². The fraction of sp³-hybridized carbons (Fsp3) is 0.312. The normalized spacial score (nSPS) is 10.2. The van der Waals surface area contributed by atoms with Crippen molar-refractivity contribution in [2.75, 3.05) is 26.2 Å². The smallest absolute Gasteiger partial charge is 0.159 e. The number of carbonyl (C=O) groups is 1. The molecule has 0 aliphatic rings. The molecule has 19 heavy (non-hydrogen) atoms. The third-order valence-electron chi connectivity index (χ3n) is 2.71. The Morgan fingerprint density at radius 3 is 2.26 bits per heavy atom. The Kier molecular flexibility index (Phi) is 6.61. The second kappa shape index (κ2) is 8.27. The predicted molar refractivity (Wildman–Crippen MR) is 78.8 cm³/mol. The van der Waals surface area contributed by atoms with E-state index < -0.39 is 0 Å². The lowest BCUT2D eigenvalue weighted by atomic mass is 10.1. The van der Waals surface area contributed by atoms with Crippen LogP contribution in [0.3, 0.4) is 0 Å². The summed E-state index contributed by atoms with van der Waals surface area (Å²) in [6, 6.07) is 7.20. The van der Waals surface area contributed by atoms with Crippen LogP contribution >= 0.6 is 0 Å². The maximum absolute atomic E-state index is 11.1. The molecule has 1 aromatic rings. The summed E-state index contributed by atoms with van der Waals surface area (Å²) in [6.07, 6.45) is 3.73. The molecule has 1 aromatic carbocycles. The van der Waals surface area contributed by atoms with Crippen molar-refractivity contribution < 1.29 is 9.53 Å². The molecular formula is C16H21NO2. The summed E-state index contributed by atoms with van der Waals surface area (Å²) < 4.78 is 5.64. The van der Waals surface area contributed by atoms with E-state index in [0.717, 1.165) is 25.4 Å². The number of ether oxygens (including phenoxy) is 1. The van der Waals surface area contributed by atoms with Crippen molar-refractivity contribution in [3.05, 3.63) is 55.1 Å². The van der Waals surface area contributed by atoms with Gasteiger partial charge in [0.05, 0.1) is 0 Å². The molecular weight excluding hydrogens is 238 g/mol. The Hall–Kier alpha value is -1.87.